The molecular weight excluding hydrogens is 290 g/mol. The number of rotatable bonds is 6. The summed E-state index contributed by atoms with van der Waals surface area (Å²) in [5, 5.41) is 5.59. The summed E-state index contributed by atoms with van der Waals surface area (Å²) in [5.41, 5.74) is 5.65. The Labute approximate surface area is 139 Å². The molecule has 3 amide bonds. The number of primary amides is 1. The van der Waals surface area contributed by atoms with Crippen LogP contribution in [-0.4, -0.2) is 24.5 Å². The van der Waals surface area contributed by atoms with Crippen LogP contribution in [-0.2, 0) is 4.79 Å². The highest BCUT2D eigenvalue weighted by molar-refractivity contribution is 5.86. The van der Waals surface area contributed by atoms with Gasteiger partial charge in [-0.25, -0.2) is 4.79 Å². The molecule has 0 heterocycles. The van der Waals surface area contributed by atoms with Crippen molar-refractivity contribution in [1.82, 2.24) is 10.6 Å². The van der Waals surface area contributed by atoms with Gasteiger partial charge in [0.05, 0.1) is 0 Å². The van der Waals surface area contributed by atoms with Gasteiger partial charge in [-0.15, -0.1) is 0 Å². The maximum absolute atomic E-state index is 12.3. The summed E-state index contributed by atoms with van der Waals surface area (Å²) in [6, 6.07) is -1.18. The molecule has 4 rings (SSSR count). The summed E-state index contributed by atoms with van der Waals surface area (Å²) in [7, 11) is 0. The third-order valence-corrected chi connectivity index (χ3v) is 6.37. The summed E-state index contributed by atoms with van der Waals surface area (Å²) >= 11 is 0. The van der Waals surface area contributed by atoms with Gasteiger partial charge in [-0.2, -0.15) is 0 Å². The molecule has 0 spiro atoms. The van der Waals surface area contributed by atoms with Gasteiger partial charge in [-0.05, 0) is 74.0 Å². The van der Waals surface area contributed by atoms with E-state index in [1.807, 2.05) is 13.8 Å². The first-order chi connectivity index (χ1) is 10.9. The summed E-state index contributed by atoms with van der Waals surface area (Å²) in [5.74, 6) is 2.75. The number of nitrogens with one attached hydrogen (secondary N) is 2. The molecule has 23 heavy (non-hydrogen) atoms. The molecule has 5 heteroatoms. The van der Waals surface area contributed by atoms with E-state index < -0.39 is 12.1 Å². The lowest BCUT2D eigenvalue weighted by Gasteiger charge is -2.57. The van der Waals surface area contributed by atoms with Gasteiger partial charge in [0.15, 0.2) is 0 Å². The maximum Gasteiger partial charge on any atom is 0.312 e. The van der Waals surface area contributed by atoms with Gasteiger partial charge in [0.1, 0.15) is 6.04 Å². The first kappa shape index (κ1) is 16.6. The average Bonchev–Trinajstić information content (AvgIpc) is 2.42. The van der Waals surface area contributed by atoms with Gasteiger partial charge < -0.3 is 16.4 Å². The second-order valence-electron chi connectivity index (χ2n) is 8.69. The first-order valence-electron chi connectivity index (χ1n) is 9.20. The zero-order valence-electron chi connectivity index (χ0n) is 14.4. The predicted octanol–water partition coefficient (Wildman–Crippen LogP) is 2.40. The first-order valence-corrected chi connectivity index (χ1v) is 9.20. The molecule has 1 atom stereocenters. The lowest BCUT2D eigenvalue weighted by atomic mass is 9.49. The maximum atomic E-state index is 12.3. The summed E-state index contributed by atoms with van der Waals surface area (Å²) in [6.07, 6.45) is 9.52. The van der Waals surface area contributed by atoms with Gasteiger partial charge in [0.25, 0.3) is 0 Å². The molecule has 4 aliphatic rings. The minimum atomic E-state index is -0.639. The van der Waals surface area contributed by atoms with Crippen LogP contribution in [0.5, 0.6) is 0 Å². The monoisotopic (exact) mass is 321 g/mol. The van der Waals surface area contributed by atoms with Gasteiger partial charge >= 0.3 is 6.03 Å². The van der Waals surface area contributed by atoms with Crippen LogP contribution in [0.15, 0.2) is 0 Å². The summed E-state index contributed by atoms with van der Waals surface area (Å²) in [6.45, 7) is 4.55. The highest BCUT2D eigenvalue weighted by Crippen LogP contribution is 2.61. The topological polar surface area (TPSA) is 84.2 Å². The fourth-order valence-corrected chi connectivity index (χ4v) is 5.85. The van der Waals surface area contributed by atoms with Crippen molar-refractivity contribution in [3.63, 3.8) is 0 Å². The summed E-state index contributed by atoms with van der Waals surface area (Å²) < 4.78 is 0. The Hall–Kier alpha value is -1.26. The number of urea groups is 1. The van der Waals surface area contributed by atoms with Crippen molar-refractivity contribution in [1.29, 1.82) is 0 Å². The van der Waals surface area contributed by atoms with E-state index in [1.165, 1.54) is 38.5 Å². The molecular formula is C18H31N3O2. The van der Waals surface area contributed by atoms with Crippen molar-refractivity contribution in [3.05, 3.63) is 0 Å². The van der Waals surface area contributed by atoms with E-state index in [4.69, 9.17) is 5.73 Å². The molecule has 4 saturated carbocycles. The fourth-order valence-electron chi connectivity index (χ4n) is 5.85. The molecule has 0 aromatic carbocycles. The molecule has 0 aliphatic heterocycles. The molecule has 5 nitrogen and oxygen atoms in total. The fraction of sp³-hybridized carbons (Fsp3) is 0.889. The Bertz CT molecular complexity index is 440. The van der Waals surface area contributed by atoms with Crippen molar-refractivity contribution in [2.75, 3.05) is 6.54 Å². The van der Waals surface area contributed by atoms with Crippen LogP contribution in [0.3, 0.4) is 0 Å². The largest absolute Gasteiger partial charge is 0.354 e. The lowest BCUT2D eigenvalue weighted by Crippen LogP contribution is -2.52. The molecule has 0 radical (unpaired) electrons. The zero-order chi connectivity index (χ0) is 16.6. The number of hydrogen-bond donors (Lipinski definition) is 3. The van der Waals surface area contributed by atoms with E-state index in [2.05, 4.69) is 10.6 Å². The van der Waals surface area contributed by atoms with Crippen LogP contribution in [0.1, 0.15) is 58.8 Å². The number of hydrogen-bond acceptors (Lipinski definition) is 2. The van der Waals surface area contributed by atoms with Gasteiger partial charge in [0.2, 0.25) is 5.91 Å². The quantitative estimate of drug-likeness (QED) is 0.702. The van der Waals surface area contributed by atoms with Crippen LogP contribution in [0, 0.1) is 29.1 Å². The third kappa shape index (κ3) is 3.64. The number of amides is 3. The van der Waals surface area contributed by atoms with Crippen LogP contribution in [0.2, 0.25) is 0 Å². The van der Waals surface area contributed by atoms with Crippen molar-refractivity contribution in [2.45, 2.75) is 64.8 Å². The van der Waals surface area contributed by atoms with Crippen LogP contribution in [0.25, 0.3) is 0 Å². The second-order valence-corrected chi connectivity index (χ2v) is 8.69. The van der Waals surface area contributed by atoms with Crippen molar-refractivity contribution in [3.8, 4) is 0 Å². The van der Waals surface area contributed by atoms with E-state index in [0.29, 0.717) is 12.0 Å². The predicted molar refractivity (Wildman–Crippen MR) is 89.6 cm³/mol. The van der Waals surface area contributed by atoms with E-state index in [1.54, 1.807) is 0 Å². The molecule has 130 valence electrons. The average molecular weight is 321 g/mol. The van der Waals surface area contributed by atoms with E-state index >= 15 is 0 Å². The molecule has 4 bridgehead atoms. The van der Waals surface area contributed by atoms with Crippen molar-refractivity contribution in [2.24, 2.45) is 34.8 Å². The molecule has 0 aromatic rings. The Morgan fingerprint density at radius 3 is 2.04 bits per heavy atom. The van der Waals surface area contributed by atoms with Crippen LogP contribution < -0.4 is 16.4 Å². The van der Waals surface area contributed by atoms with Gasteiger partial charge in [-0.1, -0.05) is 13.8 Å². The molecule has 0 saturated heterocycles. The number of carbonyl (C=O) groups is 2. The lowest BCUT2D eigenvalue weighted by molar-refractivity contribution is -0.124. The molecule has 0 aromatic heterocycles. The highest BCUT2D eigenvalue weighted by atomic mass is 16.2. The van der Waals surface area contributed by atoms with Crippen molar-refractivity contribution >= 4 is 11.9 Å². The van der Waals surface area contributed by atoms with E-state index in [-0.39, 0.29) is 11.8 Å². The molecule has 1 unspecified atom stereocenters. The Balaban J connectivity index is 1.51. The van der Waals surface area contributed by atoms with Gasteiger partial charge in [-0.3, -0.25) is 4.79 Å². The molecule has 4 N–H and O–H groups in total. The SMILES string of the molecule is CC(C)C(NC(N)=O)C(=O)NCCC12CC3CC(CC(C3)C1)C2. The Morgan fingerprint density at radius 2 is 1.61 bits per heavy atom. The van der Waals surface area contributed by atoms with E-state index in [9.17, 15) is 9.59 Å². The smallest absolute Gasteiger partial charge is 0.312 e. The van der Waals surface area contributed by atoms with Gasteiger partial charge in [0, 0.05) is 6.54 Å². The highest BCUT2D eigenvalue weighted by Gasteiger charge is 2.50. The normalized spacial score (nSPS) is 36.0. The molecule has 4 fully saturated rings. The minimum absolute atomic E-state index is 0.0297. The van der Waals surface area contributed by atoms with Crippen LogP contribution in [0.4, 0.5) is 4.79 Å². The third-order valence-electron chi connectivity index (χ3n) is 6.37. The van der Waals surface area contributed by atoms with Crippen LogP contribution >= 0.6 is 0 Å². The van der Waals surface area contributed by atoms with E-state index in [0.717, 1.165) is 24.2 Å². The number of carbonyl (C=O) groups excluding carboxylic acids is 2. The summed E-state index contributed by atoms with van der Waals surface area (Å²) in [4.78, 5) is 23.4. The standard InChI is InChI=1S/C18H31N3O2/c1-11(2)15(21-17(19)23)16(22)20-4-3-18-8-12-5-13(9-18)7-14(6-12)10-18/h11-15H,3-10H2,1-2H3,(H,20,22)(H3,19,21,23). The zero-order valence-corrected chi connectivity index (χ0v) is 14.4. The minimum Gasteiger partial charge on any atom is -0.354 e. The molecule has 4 aliphatic carbocycles. The Morgan fingerprint density at radius 1 is 1.09 bits per heavy atom. The van der Waals surface area contributed by atoms with Crippen molar-refractivity contribution < 1.29 is 9.59 Å². The second kappa shape index (κ2) is 6.33. The number of nitrogens with two attached hydrogens (primary N) is 1. The Kier molecular flexibility index (Phi) is 4.56.